The smallest absolute Gasteiger partial charge is 0.321 e. The number of carbonyl (C=O) groups is 2. The molecule has 1 heterocycles. The van der Waals surface area contributed by atoms with Gasteiger partial charge in [-0.1, -0.05) is 30.3 Å². The standard InChI is InChI=1S/C14H15N3O3S/c1-9-8-21-14(15-9)17-13(20)16-11(7-12(18)19)10-5-3-2-4-6-10/h2-6,8,11H,7H2,1H3,(H,18,19)(H2,15,16,17,20). The highest BCUT2D eigenvalue weighted by atomic mass is 32.1. The van der Waals surface area contributed by atoms with E-state index in [1.165, 1.54) is 11.3 Å². The first-order valence-corrected chi connectivity index (χ1v) is 7.19. The highest BCUT2D eigenvalue weighted by Gasteiger charge is 2.18. The van der Waals surface area contributed by atoms with Gasteiger partial charge in [-0.3, -0.25) is 10.1 Å². The number of rotatable bonds is 5. The number of urea groups is 1. The lowest BCUT2D eigenvalue weighted by Gasteiger charge is -2.17. The summed E-state index contributed by atoms with van der Waals surface area (Å²) < 4.78 is 0. The Morgan fingerprint density at radius 3 is 2.62 bits per heavy atom. The quantitative estimate of drug-likeness (QED) is 0.792. The highest BCUT2D eigenvalue weighted by Crippen LogP contribution is 2.18. The molecule has 0 aliphatic carbocycles. The van der Waals surface area contributed by atoms with Gasteiger partial charge in [0.25, 0.3) is 0 Å². The van der Waals surface area contributed by atoms with Gasteiger partial charge in [-0.25, -0.2) is 9.78 Å². The molecule has 1 atom stereocenters. The summed E-state index contributed by atoms with van der Waals surface area (Å²) in [5.41, 5.74) is 1.56. The number of nitrogens with one attached hydrogen (secondary N) is 2. The first-order chi connectivity index (χ1) is 10.0. The van der Waals surface area contributed by atoms with Crippen molar-refractivity contribution in [2.24, 2.45) is 0 Å². The summed E-state index contributed by atoms with van der Waals surface area (Å²) in [6.45, 7) is 1.83. The summed E-state index contributed by atoms with van der Waals surface area (Å²) in [7, 11) is 0. The van der Waals surface area contributed by atoms with E-state index in [1.807, 2.05) is 18.4 Å². The third-order valence-electron chi connectivity index (χ3n) is 2.73. The number of hydrogen-bond donors (Lipinski definition) is 3. The van der Waals surface area contributed by atoms with Gasteiger partial charge >= 0.3 is 12.0 Å². The highest BCUT2D eigenvalue weighted by molar-refractivity contribution is 7.13. The van der Waals surface area contributed by atoms with Crippen LogP contribution >= 0.6 is 11.3 Å². The summed E-state index contributed by atoms with van der Waals surface area (Å²) in [6, 6.07) is 7.93. The number of anilines is 1. The number of nitrogens with zero attached hydrogens (tertiary/aromatic N) is 1. The van der Waals surface area contributed by atoms with E-state index >= 15 is 0 Å². The molecule has 0 bridgehead atoms. The number of hydrogen-bond acceptors (Lipinski definition) is 4. The lowest BCUT2D eigenvalue weighted by atomic mass is 10.0. The third-order valence-corrected chi connectivity index (χ3v) is 3.60. The van der Waals surface area contributed by atoms with Crippen molar-refractivity contribution in [1.82, 2.24) is 10.3 Å². The predicted molar refractivity (Wildman–Crippen MR) is 80.4 cm³/mol. The fraction of sp³-hybridized carbons (Fsp3) is 0.214. The summed E-state index contributed by atoms with van der Waals surface area (Å²) >= 11 is 1.32. The van der Waals surface area contributed by atoms with Crippen molar-refractivity contribution < 1.29 is 14.7 Å². The number of thiazole rings is 1. The van der Waals surface area contributed by atoms with E-state index in [4.69, 9.17) is 5.11 Å². The maximum Gasteiger partial charge on any atom is 0.321 e. The van der Waals surface area contributed by atoms with Gasteiger partial charge in [0.05, 0.1) is 18.2 Å². The second-order valence-electron chi connectivity index (χ2n) is 4.45. The van der Waals surface area contributed by atoms with Crippen LogP contribution in [0.15, 0.2) is 35.7 Å². The first kappa shape index (κ1) is 15.0. The number of carbonyl (C=O) groups excluding carboxylic acids is 1. The van der Waals surface area contributed by atoms with Gasteiger partial charge in [0.2, 0.25) is 0 Å². The molecule has 7 heteroatoms. The van der Waals surface area contributed by atoms with E-state index in [0.717, 1.165) is 11.3 Å². The van der Waals surface area contributed by atoms with Crippen molar-refractivity contribution in [2.45, 2.75) is 19.4 Å². The van der Waals surface area contributed by atoms with Crippen LogP contribution < -0.4 is 10.6 Å². The van der Waals surface area contributed by atoms with E-state index in [2.05, 4.69) is 15.6 Å². The number of carboxylic acid groups (broad SMARTS) is 1. The molecule has 0 fully saturated rings. The molecule has 0 aliphatic rings. The molecule has 0 aliphatic heterocycles. The van der Waals surface area contributed by atoms with Crippen LogP contribution in [0.2, 0.25) is 0 Å². The number of aliphatic carboxylic acids is 1. The van der Waals surface area contributed by atoms with Crippen LogP contribution in [-0.4, -0.2) is 22.1 Å². The molecule has 1 aromatic heterocycles. The lowest BCUT2D eigenvalue weighted by Crippen LogP contribution is -2.33. The second kappa shape index (κ2) is 6.85. The number of carboxylic acids is 1. The Bertz CT molecular complexity index is 627. The molecule has 0 saturated carbocycles. The summed E-state index contributed by atoms with van der Waals surface area (Å²) in [4.78, 5) is 27.0. The lowest BCUT2D eigenvalue weighted by molar-refractivity contribution is -0.137. The molecule has 2 aromatic rings. The van der Waals surface area contributed by atoms with E-state index in [1.54, 1.807) is 24.3 Å². The van der Waals surface area contributed by atoms with Crippen molar-refractivity contribution >= 4 is 28.5 Å². The van der Waals surface area contributed by atoms with Gasteiger partial charge in [0, 0.05) is 5.38 Å². The van der Waals surface area contributed by atoms with Gasteiger partial charge in [0.15, 0.2) is 5.13 Å². The molecule has 2 rings (SSSR count). The zero-order valence-corrected chi connectivity index (χ0v) is 12.2. The molecule has 0 spiro atoms. The van der Waals surface area contributed by atoms with Crippen molar-refractivity contribution in [2.75, 3.05) is 5.32 Å². The average Bonchev–Trinajstić information content (AvgIpc) is 2.83. The van der Waals surface area contributed by atoms with Crippen LogP contribution in [0, 0.1) is 6.92 Å². The Kier molecular flexibility index (Phi) is 4.89. The van der Waals surface area contributed by atoms with E-state index in [-0.39, 0.29) is 6.42 Å². The van der Waals surface area contributed by atoms with Gasteiger partial charge in [-0.05, 0) is 12.5 Å². The van der Waals surface area contributed by atoms with Gasteiger partial charge < -0.3 is 10.4 Å². The zero-order valence-electron chi connectivity index (χ0n) is 11.4. The van der Waals surface area contributed by atoms with E-state index in [9.17, 15) is 9.59 Å². The zero-order chi connectivity index (χ0) is 15.2. The monoisotopic (exact) mass is 305 g/mol. The normalized spacial score (nSPS) is 11.7. The molecular weight excluding hydrogens is 290 g/mol. The van der Waals surface area contributed by atoms with Crippen LogP contribution in [0.25, 0.3) is 0 Å². The summed E-state index contributed by atoms with van der Waals surface area (Å²) in [5, 5.41) is 16.5. The van der Waals surface area contributed by atoms with E-state index in [0.29, 0.717) is 5.13 Å². The second-order valence-corrected chi connectivity index (χ2v) is 5.31. The average molecular weight is 305 g/mol. The van der Waals surface area contributed by atoms with Crippen LogP contribution in [0.5, 0.6) is 0 Å². The molecule has 1 aromatic carbocycles. The molecule has 0 saturated heterocycles. The third kappa shape index (κ3) is 4.57. The van der Waals surface area contributed by atoms with Crippen LogP contribution in [0.1, 0.15) is 23.7 Å². The fourth-order valence-corrected chi connectivity index (χ4v) is 2.50. The van der Waals surface area contributed by atoms with Crippen molar-refractivity contribution in [3.05, 3.63) is 47.0 Å². The molecule has 0 radical (unpaired) electrons. The van der Waals surface area contributed by atoms with Gasteiger partial charge in [-0.15, -0.1) is 11.3 Å². The minimum Gasteiger partial charge on any atom is -0.481 e. The maximum atomic E-state index is 11.9. The predicted octanol–water partition coefficient (Wildman–Crippen LogP) is 2.79. The van der Waals surface area contributed by atoms with Gasteiger partial charge in [0.1, 0.15) is 0 Å². The molecule has 1 unspecified atom stereocenters. The van der Waals surface area contributed by atoms with Crippen molar-refractivity contribution in [3.8, 4) is 0 Å². The minimum atomic E-state index is -0.978. The molecule has 21 heavy (non-hydrogen) atoms. The summed E-state index contributed by atoms with van der Waals surface area (Å²) in [5.74, 6) is -0.978. The number of aryl methyl sites for hydroxylation is 1. The Morgan fingerprint density at radius 1 is 1.33 bits per heavy atom. The number of benzene rings is 1. The van der Waals surface area contributed by atoms with Crippen LogP contribution in [-0.2, 0) is 4.79 Å². The molecule has 2 amide bonds. The largest absolute Gasteiger partial charge is 0.481 e. The van der Waals surface area contributed by atoms with E-state index < -0.39 is 18.0 Å². The first-order valence-electron chi connectivity index (χ1n) is 6.31. The van der Waals surface area contributed by atoms with Crippen molar-refractivity contribution in [3.63, 3.8) is 0 Å². The SMILES string of the molecule is Cc1csc(NC(=O)NC(CC(=O)O)c2ccccc2)n1. The molecule has 3 N–H and O–H groups in total. The number of aromatic nitrogens is 1. The number of amides is 2. The maximum absolute atomic E-state index is 11.9. The Morgan fingerprint density at radius 2 is 2.05 bits per heavy atom. The van der Waals surface area contributed by atoms with Crippen LogP contribution in [0.3, 0.4) is 0 Å². The minimum absolute atomic E-state index is 0.186. The topological polar surface area (TPSA) is 91.3 Å². The molecular formula is C14H15N3O3S. The van der Waals surface area contributed by atoms with Crippen LogP contribution in [0.4, 0.5) is 9.93 Å². The Labute approximate surface area is 125 Å². The molecule has 6 nitrogen and oxygen atoms in total. The summed E-state index contributed by atoms with van der Waals surface area (Å²) in [6.07, 6.45) is -0.186. The van der Waals surface area contributed by atoms with Crippen molar-refractivity contribution in [1.29, 1.82) is 0 Å². The van der Waals surface area contributed by atoms with Gasteiger partial charge in [-0.2, -0.15) is 0 Å². The Balaban J connectivity index is 2.04. The molecule has 110 valence electrons. The fourth-order valence-electron chi connectivity index (χ4n) is 1.82. The Hall–Kier alpha value is -2.41.